The highest BCUT2D eigenvalue weighted by Gasteiger charge is 2.30. The lowest BCUT2D eigenvalue weighted by molar-refractivity contribution is 0.0443. The van der Waals surface area contributed by atoms with E-state index in [0.29, 0.717) is 0 Å². The van der Waals surface area contributed by atoms with Gasteiger partial charge in [-0.1, -0.05) is 0 Å². The Balaban J connectivity index is 0.000000606. The lowest BCUT2D eigenvalue weighted by atomic mass is 10.1. The number of benzene rings is 1. The fourth-order valence-corrected chi connectivity index (χ4v) is 1.22. The van der Waals surface area contributed by atoms with Crippen molar-refractivity contribution in [2.24, 2.45) is 0 Å². The molecule has 1 aromatic rings. The monoisotopic (exact) mass is 220 g/mol. The molecule has 16 heavy (non-hydrogen) atoms. The fourth-order valence-electron chi connectivity index (χ4n) is 1.22. The normalized spacial score (nSPS) is 12.2. The number of aromatic carboxylic acids is 1. The van der Waals surface area contributed by atoms with Gasteiger partial charge in [0.05, 0.1) is 16.7 Å². The molecule has 0 fully saturated rings. The molecule has 1 aliphatic rings. The van der Waals surface area contributed by atoms with E-state index in [9.17, 15) is 14.4 Å². The van der Waals surface area contributed by atoms with Gasteiger partial charge in [-0.05, 0) is 18.2 Å². The average Bonchev–Trinajstić information content (AvgIpc) is 2.57. The van der Waals surface area contributed by atoms with Crippen LogP contribution in [0.2, 0.25) is 0 Å². The van der Waals surface area contributed by atoms with Crippen LogP contribution in [0.5, 0.6) is 0 Å². The Morgan fingerprint density at radius 3 is 2.25 bits per heavy atom. The number of hydrogen-bond donors (Lipinski definition) is 1. The predicted molar refractivity (Wildman–Crippen MR) is 54.4 cm³/mol. The first kappa shape index (κ1) is 11.6. The maximum Gasteiger partial charge on any atom is 0.346 e. The zero-order valence-corrected chi connectivity index (χ0v) is 8.23. The standard InChI is InChI=1S/C9H4O5.C2H4/c10-7(11)4-1-2-5-6(3-4)9(13)14-8(5)12;1-2/h1-3H,(H,10,11);1-2H2. The van der Waals surface area contributed by atoms with Crippen LogP contribution in [0.25, 0.3) is 0 Å². The zero-order valence-electron chi connectivity index (χ0n) is 8.23. The van der Waals surface area contributed by atoms with Crippen molar-refractivity contribution in [1.82, 2.24) is 0 Å². The molecule has 0 saturated carbocycles. The number of rotatable bonds is 1. The fraction of sp³-hybridized carbons (Fsp3) is 0. The second-order valence-corrected chi connectivity index (χ2v) is 2.74. The van der Waals surface area contributed by atoms with Crippen molar-refractivity contribution in [1.29, 1.82) is 0 Å². The molecule has 0 saturated heterocycles. The molecule has 0 aromatic heterocycles. The van der Waals surface area contributed by atoms with Crippen molar-refractivity contribution in [3.05, 3.63) is 48.0 Å². The van der Waals surface area contributed by atoms with Gasteiger partial charge in [0.2, 0.25) is 0 Å². The van der Waals surface area contributed by atoms with Gasteiger partial charge in [0.15, 0.2) is 0 Å². The molecule has 5 heteroatoms. The minimum Gasteiger partial charge on any atom is -0.478 e. The number of carbonyl (C=O) groups is 3. The third-order valence-electron chi connectivity index (χ3n) is 1.89. The molecule has 82 valence electrons. The van der Waals surface area contributed by atoms with Crippen LogP contribution in [0.15, 0.2) is 31.4 Å². The smallest absolute Gasteiger partial charge is 0.346 e. The number of carboxylic acid groups (broad SMARTS) is 1. The molecule has 0 unspecified atom stereocenters. The van der Waals surface area contributed by atoms with Gasteiger partial charge in [-0.25, -0.2) is 14.4 Å². The maximum absolute atomic E-state index is 11.0. The number of ether oxygens (including phenoxy) is 1. The SMILES string of the molecule is C=C.O=C(O)c1ccc2c(c1)C(=O)OC2=O. The van der Waals surface area contributed by atoms with Crippen LogP contribution in [0.1, 0.15) is 31.1 Å². The van der Waals surface area contributed by atoms with Gasteiger partial charge < -0.3 is 9.84 Å². The molecule has 0 amide bonds. The summed E-state index contributed by atoms with van der Waals surface area (Å²) < 4.78 is 4.30. The zero-order chi connectivity index (χ0) is 12.3. The maximum atomic E-state index is 11.0. The Bertz CT molecular complexity index is 475. The number of carboxylic acids is 1. The van der Waals surface area contributed by atoms with E-state index in [-0.39, 0.29) is 16.7 Å². The highest BCUT2D eigenvalue weighted by Crippen LogP contribution is 2.20. The molecule has 1 heterocycles. The summed E-state index contributed by atoms with van der Waals surface area (Å²) in [5, 5.41) is 8.63. The van der Waals surface area contributed by atoms with Gasteiger partial charge >= 0.3 is 17.9 Å². The Labute approximate surface area is 91.0 Å². The van der Waals surface area contributed by atoms with Crippen LogP contribution < -0.4 is 0 Å². The van der Waals surface area contributed by atoms with E-state index in [1.807, 2.05) is 0 Å². The van der Waals surface area contributed by atoms with Crippen LogP contribution in [0, 0.1) is 0 Å². The van der Waals surface area contributed by atoms with Gasteiger partial charge in [-0.15, -0.1) is 13.2 Å². The highest BCUT2D eigenvalue weighted by atomic mass is 16.6. The van der Waals surface area contributed by atoms with Crippen molar-refractivity contribution in [3.63, 3.8) is 0 Å². The summed E-state index contributed by atoms with van der Waals surface area (Å²) in [6.45, 7) is 6.00. The summed E-state index contributed by atoms with van der Waals surface area (Å²) in [6, 6.07) is 3.65. The molecule has 0 radical (unpaired) electrons. The lowest BCUT2D eigenvalue weighted by Crippen LogP contribution is -2.00. The molecule has 0 atom stereocenters. The molecule has 0 bridgehead atoms. The van der Waals surface area contributed by atoms with E-state index >= 15 is 0 Å². The number of esters is 2. The first-order valence-corrected chi connectivity index (χ1v) is 4.23. The van der Waals surface area contributed by atoms with Crippen molar-refractivity contribution in [2.75, 3.05) is 0 Å². The first-order valence-electron chi connectivity index (χ1n) is 4.23. The number of cyclic esters (lactones) is 2. The van der Waals surface area contributed by atoms with E-state index in [4.69, 9.17) is 5.11 Å². The van der Waals surface area contributed by atoms with E-state index in [0.717, 1.165) is 6.07 Å². The van der Waals surface area contributed by atoms with Gasteiger partial charge in [0.25, 0.3) is 0 Å². The van der Waals surface area contributed by atoms with E-state index < -0.39 is 17.9 Å². The largest absolute Gasteiger partial charge is 0.478 e. The molecule has 0 aliphatic carbocycles. The lowest BCUT2D eigenvalue weighted by Gasteiger charge is -1.94. The Hall–Kier alpha value is -2.43. The summed E-state index contributed by atoms with van der Waals surface area (Å²) >= 11 is 0. The molecular formula is C11H8O5. The topological polar surface area (TPSA) is 80.7 Å². The molecular weight excluding hydrogens is 212 g/mol. The van der Waals surface area contributed by atoms with Crippen LogP contribution in [0.4, 0.5) is 0 Å². The highest BCUT2D eigenvalue weighted by molar-refractivity contribution is 6.15. The summed E-state index contributed by atoms with van der Waals surface area (Å²) in [7, 11) is 0. The minimum atomic E-state index is -1.15. The Kier molecular flexibility index (Phi) is 3.20. The third kappa shape index (κ3) is 1.83. The molecule has 1 aromatic carbocycles. The molecule has 1 N–H and O–H groups in total. The van der Waals surface area contributed by atoms with Gasteiger partial charge in [0, 0.05) is 0 Å². The molecule has 0 spiro atoms. The number of hydrogen-bond acceptors (Lipinski definition) is 4. The van der Waals surface area contributed by atoms with E-state index in [2.05, 4.69) is 17.9 Å². The minimum absolute atomic E-state index is 0.00917. The van der Waals surface area contributed by atoms with E-state index in [1.54, 1.807) is 0 Å². The summed E-state index contributed by atoms with van der Waals surface area (Å²) in [5.74, 6) is -2.69. The first-order chi connectivity index (χ1) is 7.59. The predicted octanol–water partition coefficient (Wildman–Crippen LogP) is 1.50. The second-order valence-electron chi connectivity index (χ2n) is 2.74. The van der Waals surface area contributed by atoms with Crippen LogP contribution in [-0.2, 0) is 4.74 Å². The van der Waals surface area contributed by atoms with Crippen LogP contribution in [-0.4, -0.2) is 23.0 Å². The van der Waals surface area contributed by atoms with Crippen LogP contribution in [0.3, 0.4) is 0 Å². The Morgan fingerprint density at radius 1 is 1.12 bits per heavy atom. The summed E-state index contributed by atoms with van der Waals surface area (Å²) in [5.41, 5.74) is 0.0744. The van der Waals surface area contributed by atoms with Gasteiger partial charge in [0.1, 0.15) is 0 Å². The van der Waals surface area contributed by atoms with Crippen molar-refractivity contribution >= 4 is 17.9 Å². The van der Waals surface area contributed by atoms with Gasteiger partial charge in [-0.3, -0.25) is 0 Å². The Morgan fingerprint density at radius 2 is 1.69 bits per heavy atom. The summed E-state index contributed by atoms with van der Waals surface area (Å²) in [4.78, 5) is 32.5. The number of carbonyl (C=O) groups excluding carboxylic acids is 2. The number of fused-ring (bicyclic) bond motifs is 1. The van der Waals surface area contributed by atoms with E-state index in [1.165, 1.54) is 12.1 Å². The van der Waals surface area contributed by atoms with Crippen LogP contribution >= 0.6 is 0 Å². The average molecular weight is 220 g/mol. The van der Waals surface area contributed by atoms with Crippen molar-refractivity contribution < 1.29 is 24.2 Å². The molecule has 1 aliphatic heterocycles. The third-order valence-corrected chi connectivity index (χ3v) is 1.89. The quantitative estimate of drug-likeness (QED) is 0.440. The second kappa shape index (κ2) is 4.39. The molecule has 2 rings (SSSR count). The van der Waals surface area contributed by atoms with Crippen molar-refractivity contribution in [2.45, 2.75) is 0 Å². The van der Waals surface area contributed by atoms with Gasteiger partial charge in [-0.2, -0.15) is 0 Å². The molecule has 5 nitrogen and oxygen atoms in total. The summed E-state index contributed by atoms with van der Waals surface area (Å²) in [6.07, 6.45) is 0. The van der Waals surface area contributed by atoms with Crippen molar-refractivity contribution in [3.8, 4) is 0 Å².